The summed E-state index contributed by atoms with van der Waals surface area (Å²) in [5.74, 6) is 0.629. The molecule has 0 saturated carbocycles. The molecule has 2 atom stereocenters. The van der Waals surface area contributed by atoms with Crippen molar-refractivity contribution in [3.63, 3.8) is 0 Å². The molecule has 1 amide bonds. The Morgan fingerprint density at radius 2 is 2.41 bits per heavy atom. The molecule has 1 aromatic carbocycles. The third-order valence-electron chi connectivity index (χ3n) is 3.38. The highest BCUT2D eigenvalue weighted by molar-refractivity contribution is 5.91. The van der Waals surface area contributed by atoms with Crippen LogP contribution in [-0.2, 0) is 14.3 Å². The SMILES string of the molecule is COc1cccc(C=CC(=O)NC(C)COC2CCOC2)c1. The molecule has 120 valence electrons. The molecule has 0 aromatic heterocycles. The van der Waals surface area contributed by atoms with E-state index in [9.17, 15) is 4.79 Å². The number of ether oxygens (including phenoxy) is 3. The van der Waals surface area contributed by atoms with Crippen LogP contribution in [0.15, 0.2) is 30.3 Å². The van der Waals surface area contributed by atoms with Gasteiger partial charge in [-0.3, -0.25) is 4.79 Å². The molecule has 1 aromatic rings. The summed E-state index contributed by atoms with van der Waals surface area (Å²) in [6, 6.07) is 7.50. The first-order chi connectivity index (χ1) is 10.7. The number of benzene rings is 1. The van der Waals surface area contributed by atoms with E-state index in [1.807, 2.05) is 31.2 Å². The molecular formula is C17H23NO4. The van der Waals surface area contributed by atoms with Gasteiger partial charge in [0.25, 0.3) is 0 Å². The summed E-state index contributed by atoms with van der Waals surface area (Å²) in [5.41, 5.74) is 0.918. The Labute approximate surface area is 131 Å². The number of hydrogen-bond acceptors (Lipinski definition) is 4. The lowest BCUT2D eigenvalue weighted by atomic mass is 10.2. The summed E-state index contributed by atoms with van der Waals surface area (Å²) >= 11 is 0. The Kier molecular flexibility index (Phi) is 6.43. The highest BCUT2D eigenvalue weighted by Crippen LogP contribution is 2.13. The third-order valence-corrected chi connectivity index (χ3v) is 3.38. The number of hydrogen-bond donors (Lipinski definition) is 1. The molecule has 0 bridgehead atoms. The second-order valence-electron chi connectivity index (χ2n) is 5.34. The minimum Gasteiger partial charge on any atom is -0.497 e. The second kappa shape index (κ2) is 8.56. The molecule has 1 aliphatic rings. The van der Waals surface area contributed by atoms with Crippen molar-refractivity contribution in [2.24, 2.45) is 0 Å². The van der Waals surface area contributed by atoms with Gasteiger partial charge in [-0.15, -0.1) is 0 Å². The van der Waals surface area contributed by atoms with Gasteiger partial charge in [-0.1, -0.05) is 12.1 Å². The fourth-order valence-electron chi connectivity index (χ4n) is 2.17. The largest absolute Gasteiger partial charge is 0.497 e. The molecule has 1 aliphatic heterocycles. The topological polar surface area (TPSA) is 56.8 Å². The van der Waals surface area contributed by atoms with Gasteiger partial charge in [-0.2, -0.15) is 0 Å². The van der Waals surface area contributed by atoms with Crippen LogP contribution in [0.2, 0.25) is 0 Å². The molecule has 1 fully saturated rings. The monoisotopic (exact) mass is 305 g/mol. The summed E-state index contributed by atoms with van der Waals surface area (Å²) < 4.78 is 16.1. The van der Waals surface area contributed by atoms with Crippen LogP contribution in [0, 0.1) is 0 Å². The first-order valence-corrected chi connectivity index (χ1v) is 7.49. The van der Waals surface area contributed by atoms with E-state index < -0.39 is 0 Å². The number of nitrogens with one attached hydrogen (secondary N) is 1. The molecule has 1 N–H and O–H groups in total. The molecule has 5 heteroatoms. The van der Waals surface area contributed by atoms with Crippen LogP contribution in [0.4, 0.5) is 0 Å². The Morgan fingerprint density at radius 3 is 3.14 bits per heavy atom. The minimum atomic E-state index is -0.137. The zero-order valence-corrected chi connectivity index (χ0v) is 13.1. The molecular weight excluding hydrogens is 282 g/mol. The Hall–Kier alpha value is -1.85. The van der Waals surface area contributed by atoms with E-state index in [1.165, 1.54) is 6.08 Å². The molecule has 0 spiro atoms. The number of rotatable bonds is 7. The fourth-order valence-corrected chi connectivity index (χ4v) is 2.17. The van der Waals surface area contributed by atoms with E-state index in [1.54, 1.807) is 13.2 Å². The maximum Gasteiger partial charge on any atom is 0.244 e. The average molecular weight is 305 g/mol. The van der Waals surface area contributed by atoms with Gasteiger partial charge in [0.2, 0.25) is 5.91 Å². The fraction of sp³-hybridized carbons (Fsp3) is 0.471. The first kappa shape index (κ1) is 16.5. The van der Waals surface area contributed by atoms with E-state index in [4.69, 9.17) is 14.2 Å². The highest BCUT2D eigenvalue weighted by Gasteiger charge is 2.17. The summed E-state index contributed by atoms with van der Waals surface area (Å²) in [4.78, 5) is 11.9. The van der Waals surface area contributed by atoms with Gasteiger partial charge in [0.1, 0.15) is 5.75 Å². The smallest absolute Gasteiger partial charge is 0.244 e. The predicted octanol–water partition coefficient (Wildman–Crippen LogP) is 2.02. The van der Waals surface area contributed by atoms with E-state index in [0.29, 0.717) is 13.2 Å². The van der Waals surface area contributed by atoms with Crippen LogP contribution in [-0.4, -0.2) is 45.0 Å². The van der Waals surface area contributed by atoms with Crippen LogP contribution < -0.4 is 10.1 Å². The lowest BCUT2D eigenvalue weighted by molar-refractivity contribution is -0.117. The normalized spacial score (nSPS) is 19.3. The number of carbonyl (C=O) groups excluding carboxylic acids is 1. The van der Waals surface area contributed by atoms with Crippen LogP contribution in [0.5, 0.6) is 5.75 Å². The van der Waals surface area contributed by atoms with Crippen molar-refractivity contribution in [2.75, 3.05) is 26.9 Å². The zero-order chi connectivity index (χ0) is 15.8. The van der Waals surface area contributed by atoms with Crippen LogP contribution in [0.3, 0.4) is 0 Å². The highest BCUT2D eigenvalue weighted by atomic mass is 16.5. The Bertz CT molecular complexity index is 509. The van der Waals surface area contributed by atoms with Crippen LogP contribution >= 0.6 is 0 Å². The Morgan fingerprint density at radius 1 is 1.55 bits per heavy atom. The molecule has 1 heterocycles. The average Bonchev–Trinajstić information content (AvgIpc) is 3.04. The van der Waals surface area contributed by atoms with Crippen molar-refractivity contribution >= 4 is 12.0 Å². The van der Waals surface area contributed by atoms with Crippen molar-refractivity contribution in [2.45, 2.75) is 25.5 Å². The van der Waals surface area contributed by atoms with Gasteiger partial charge in [0.05, 0.1) is 26.4 Å². The number of methoxy groups -OCH3 is 1. The summed E-state index contributed by atoms with van der Waals surface area (Å²) in [6.45, 7) is 3.82. The third kappa shape index (κ3) is 5.50. The zero-order valence-electron chi connectivity index (χ0n) is 13.1. The van der Waals surface area contributed by atoms with E-state index in [0.717, 1.165) is 24.3 Å². The lowest BCUT2D eigenvalue weighted by Gasteiger charge is -2.16. The van der Waals surface area contributed by atoms with Crippen molar-refractivity contribution < 1.29 is 19.0 Å². The summed E-state index contributed by atoms with van der Waals surface area (Å²) in [5, 5.41) is 2.88. The van der Waals surface area contributed by atoms with Gasteiger partial charge in [0, 0.05) is 18.7 Å². The van der Waals surface area contributed by atoms with E-state index in [2.05, 4.69) is 5.32 Å². The number of carbonyl (C=O) groups is 1. The predicted molar refractivity (Wildman–Crippen MR) is 84.8 cm³/mol. The quantitative estimate of drug-likeness (QED) is 0.783. The van der Waals surface area contributed by atoms with Crippen molar-refractivity contribution in [3.8, 4) is 5.75 Å². The van der Waals surface area contributed by atoms with Crippen LogP contribution in [0.1, 0.15) is 18.9 Å². The first-order valence-electron chi connectivity index (χ1n) is 7.49. The molecule has 22 heavy (non-hydrogen) atoms. The molecule has 1 saturated heterocycles. The maximum absolute atomic E-state index is 11.9. The second-order valence-corrected chi connectivity index (χ2v) is 5.34. The molecule has 0 radical (unpaired) electrons. The van der Waals surface area contributed by atoms with Crippen molar-refractivity contribution in [1.82, 2.24) is 5.32 Å². The molecule has 2 unspecified atom stereocenters. The molecule has 0 aliphatic carbocycles. The van der Waals surface area contributed by atoms with E-state index >= 15 is 0 Å². The lowest BCUT2D eigenvalue weighted by Crippen LogP contribution is -2.36. The standard InChI is InChI=1S/C17H23NO4/c1-13(11-22-16-8-9-21-12-16)18-17(19)7-6-14-4-3-5-15(10-14)20-2/h3-7,10,13,16H,8-9,11-12H2,1-2H3,(H,18,19). The van der Waals surface area contributed by atoms with Crippen LogP contribution in [0.25, 0.3) is 6.08 Å². The van der Waals surface area contributed by atoms with Gasteiger partial charge < -0.3 is 19.5 Å². The van der Waals surface area contributed by atoms with Crippen molar-refractivity contribution in [1.29, 1.82) is 0 Å². The molecule has 2 rings (SSSR count). The van der Waals surface area contributed by atoms with Gasteiger partial charge in [0.15, 0.2) is 0 Å². The summed E-state index contributed by atoms with van der Waals surface area (Å²) in [6.07, 6.45) is 4.36. The van der Waals surface area contributed by atoms with Gasteiger partial charge >= 0.3 is 0 Å². The number of amides is 1. The Balaban J connectivity index is 1.74. The minimum absolute atomic E-state index is 0.0388. The van der Waals surface area contributed by atoms with Crippen molar-refractivity contribution in [3.05, 3.63) is 35.9 Å². The van der Waals surface area contributed by atoms with Gasteiger partial charge in [-0.25, -0.2) is 0 Å². The summed E-state index contributed by atoms with van der Waals surface area (Å²) in [7, 11) is 1.62. The van der Waals surface area contributed by atoms with E-state index in [-0.39, 0.29) is 18.1 Å². The molecule has 5 nitrogen and oxygen atoms in total. The maximum atomic E-state index is 11.9. The van der Waals surface area contributed by atoms with Gasteiger partial charge in [-0.05, 0) is 37.1 Å².